The van der Waals surface area contributed by atoms with Gasteiger partial charge in [0.1, 0.15) is 5.75 Å². The summed E-state index contributed by atoms with van der Waals surface area (Å²) in [6, 6.07) is 9.57. The monoisotopic (exact) mass is 315 g/mol. The van der Waals surface area contributed by atoms with Crippen LogP contribution in [0.2, 0.25) is 0 Å². The van der Waals surface area contributed by atoms with Gasteiger partial charge in [0.05, 0.1) is 25.5 Å². The summed E-state index contributed by atoms with van der Waals surface area (Å²) in [5, 5.41) is 8.59. The SMILES string of the molecule is COc1ccc(CN2C[C@@H](C(=O)N(C)CCC#N)CC2=O)cc1. The quantitative estimate of drug-likeness (QED) is 0.795. The Hall–Kier alpha value is -2.55. The summed E-state index contributed by atoms with van der Waals surface area (Å²) < 4.78 is 5.11. The molecule has 1 atom stereocenters. The van der Waals surface area contributed by atoms with Crippen molar-refractivity contribution in [2.24, 2.45) is 5.92 Å². The maximum absolute atomic E-state index is 12.3. The third-order valence-corrected chi connectivity index (χ3v) is 4.03. The van der Waals surface area contributed by atoms with Crippen LogP contribution in [0, 0.1) is 17.2 Å². The van der Waals surface area contributed by atoms with E-state index in [1.807, 2.05) is 30.3 Å². The fourth-order valence-corrected chi connectivity index (χ4v) is 2.68. The number of amides is 2. The highest BCUT2D eigenvalue weighted by Gasteiger charge is 2.35. The molecule has 6 heteroatoms. The fourth-order valence-electron chi connectivity index (χ4n) is 2.68. The molecule has 6 nitrogen and oxygen atoms in total. The number of carbonyl (C=O) groups is 2. The van der Waals surface area contributed by atoms with E-state index in [1.165, 1.54) is 4.90 Å². The molecule has 2 rings (SSSR count). The molecular weight excluding hydrogens is 294 g/mol. The largest absolute Gasteiger partial charge is 0.497 e. The van der Waals surface area contributed by atoms with Crippen LogP contribution in [-0.2, 0) is 16.1 Å². The van der Waals surface area contributed by atoms with Crippen LogP contribution in [-0.4, -0.2) is 48.9 Å². The number of ether oxygens (including phenoxy) is 1. The molecule has 0 unspecified atom stereocenters. The van der Waals surface area contributed by atoms with Gasteiger partial charge in [-0.25, -0.2) is 0 Å². The van der Waals surface area contributed by atoms with Crippen LogP contribution in [0.1, 0.15) is 18.4 Å². The fraction of sp³-hybridized carbons (Fsp3) is 0.471. The van der Waals surface area contributed by atoms with Crippen molar-refractivity contribution in [3.05, 3.63) is 29.8 Å². The number of likely N-dealkylation sites (tertiary alicyclic amines) is 1. The van der Waals surface area contributed by atoms with Crippen LogP contribution < -0.4 is 4.74 Å². The minimum absolute atomic E-state index is 0.00662. The molecular formula is C17H21N3O3. The lowest BCUT2D eigenvalue weighted by Gasteiger charge is -2.20. The molecule has 0 saturated carbocycles. The Kier molecular flexibility index (Phi) is 5.58. The van der Waals surface area contributed by atoms with Gasteiger partial charge in [0, 0.05) is 33.1 Å². The highest BCUT2D eigenvalue weighted by molar-refractivity contribution is 5.89. The Balaban J connectivity index is 1.94. The first-order valence-electron chi connectivity index (χ1n) is 7.57. The molecule has 1 aromatic carbocycles. The van der Waals surface area contributed by atoms with E-state index in [0.29, 0.717) is 26.1 Å². The number of hydrogen-bond acceptors (Lipinski definition) is 4. The average Bonchev–Trinajstić information content (AvgIpc) is 2.93. The van der Waals surface area contributed by atoms with Gasteiger partial charge in [-0.2, -0.15) is 5.26 Å². The first-order valence-corrected chi connectivity index (χ1v) is 7.57. The molecule has 0 spiro atoms. The van der Waals surface area contributed by atoms with Crippen molar-refractivity contribution in [2.45, 2.75) is 19.4 Å². The molecule has 23 heavy (non-hydrogen) atoms. The van der Waals surface area contributed by atoms with Gasteiger partial charge in [0.25, 0.3) is 0 Å². The molecule has 0 aromatic heterocycles. The van der Waals surface area contributed by atoms with Crippen molar-refractivity contribution in [2.75, 3.05) is 27.2 Å². The molecule has 0 radical (unpaired) electrons. The second-order valence-corrected chi connectivity index (χ2v) is 5.69. The summed E-state index contributed by atoms with van der Waals surface area (Å²) in [5.41, 5.74) is 1.00. The lowest BCUT2D eigenvalue weighted by atomic mass is 10.1. The predicted molar refractivity (Wildman–Crippen MR) is 84.4 cm³/mol. The topological polar surface area (TPSA) is 73.6 Å². The summed E-state index contributed by atoms with van der Waals surface area (Å²) in [6.45, 7) is 1.33. The number of carbonyl (C=O) groups excluding carboxylic acids is 2. The molecule has 0 bridgehead atoms. The van der Waals surface area contributed by atoms with Crippen molar-refractivity contribution in [1.29, 1.82) is 5.26 Å². The van der Waals surface area contributed by atoms with E-state index in [4.69, 9.17) is 10.00 Å². The van der Waals surface area contributed by atoms with Crippen molar-refractivity contribution in [3.63, 3.8) is 0 Å². The molecule has 1 aromatic rings. The zero-order chi connectivity index (χ0) is 16.8. The molecule has 1 aliphatic rings. The van der Waals surface area contributed by atoms with Gasteiger partial charge < -0.3 is 14.5 Å². The Morgan fingerprint density at radius 1 is 1.43 bits per heavy atom. The van der Waals surface area contributed by atoms with Gasteiger partial charge in [-0.1, -0.05) is 12.1 Å². The Bertz CT molecular complexity index is 607. The maximum Gasteiger partial charge on any atom is 0.227 e. The zero-order valence-electron chi connectivity index (χ0n) is 13.5. The molecule has 0 aliphatic carbocycles. The minimum Gasteiger partial charge on any atom is -0.497 e. The van der Waals surface area contributed by atoms with Gasteiger partial charge in [-0.15, -0.1) is 0 Å². The third-order valence-electron chi connectivity index (χ3n) is 4.03. The second kappa shape index (κ2) is 7.63. The average molecular weight is 315 g/mol. The van der Waals surface area contributed by atoms with Gasteiger partial charge in [0.2, 0.25) is 11.8 Å². The van der Waals surface area contributed by atoms with E-state index in [0.717, 1.165) is 11.3 Å². The lowest BCUT2D eigenvalue weighted by Crippen LogP contribution is -2.35. The van der Waals surface area contributed by atoms with Crippen LogP contribution in [0.4, 0.5) is 0 Å². The highest BCUT2D eigenvalue weighted by Crippen LogP contribution is 2.22. The molecule has 1 aliphatic heterocycles. The summed E-state index contributed by atoms with van der Waals surface area (Å²) in [6.07, 6.45) is 0.546. The maximum atomic E-state index is 12.3. The van der Waals surface area contributed by atoms with Crippen LogP contribution in [0.5, 0.6) is 5.75 Å². The van der Waals surface area contributed by atoms with Crippen molar-refractivity contribution in [3.8, 4) is 11.8 Å². The van der Waals surface area contributed by atoms with Gasteiger partial charge in [-0.3, -0.25) is 9.59 Å². The Morgan fingerprint density at radius 2 is 2.13 bits per heavy atom. The summed E-state index contributed by atoms with van der Waals surface area (Å²) in [7, 11) is 3.29. The Morgan fingerprint density at radius 3 is 2.74 bits per heavy atom. The molecule has 1 fully saturated rings. The number of nitrogens with zero attached hydrogens (tertiary/aromatic N) is 3. The smallest absolute Gasteiger partial charge is 0.227 e. The van der Waals surface area contributed by atoms with Crippen molar-refractivity contribution >= 4 is 11.8 Å². The first kappa shape index (κ1) is 16.8. The van der Waals surface area contributed by atoms with Crippen molar-refractivity contribution < 1.29 is 14.3 Å². The molecule has 1 heterocycles. The molecule has 122 valence electrons. The van der Waals surface area contributed by atoms with E-state index < -0.39 is 0 Å². The highest BCUT2D eigenvalue weighted by atomic mass is 16.5. The summed E-state index contributed by atoms with van der Waals surface area (Å²) in [5.74, 6) is 0.386. The van der Waals surface area contributed by atoms with Crippen molar-refractivity contribution in [1.82, 2.24) is 9.80 Å². The molecule has 0 N–H and O–H groups in total. The van der Waals surface area contributed by atoms with E-state index in [1.54, 1.807) is 19.1 Å². The van der Waals surface area contributed by atoms with Gasteiger partial charge >= 0.3 is 0 Å². The Labute approximate surface area is 136 Å². The van der Waals surface area contributed by atoms with Gasteiger partial charge in [0.15, 0.2) is 0 Å². The van der Waals surface area contributed by atoms with Crippen LogP contribution >= 0.6 is 0 Å². The predicted octanol–water partition coefficient (Wildman–Crippen LogP) is 1.42. The third kappa shape index (κ3) is 4.22. The minimum atomic E-state index is -0.315. The first-order chi connectivity index (χ1) is 11.0. The lowest BCUT2D eigenvalue weighted by molar-refractivity contribution is -0.134. The van der Waals surface area contributed by atoms with Gasteiger partial charge in [-0.05, 0) is 17.7 Å². The van der Waals surface area contributed by atoms with E-state index >= 15 is 0 Å². The number of rotatable bonds is 6. The molecule has 2 amide bonds. The summed E-state index contributed by atoms with van der Waals surface area (Å²) >= 11 is 0. The van der Waals surface area contributed by atoms with E-state index in [-0.39, 0.29) is 24.2 Å². The number of benzene rings is 1. The number of methoxy groups -OCH3 is 1. The second-order valence-electron chi connectivity index (χ2n) is 5.69. The number of nitriles is 1. The van der Waals surface area contributed by atoms with E-state index in [2.05, 4.69) is 0 Å². The van der Waals surface area contributed by atoms with Crippen LogP contribution in [0.15, 0.2) is 24.3 Å². The normalized spacial score (nSPS) is 17.0. The number of hydrogen-bond donors (Lipinski definition) is 0. The van der Waals surface area contributed by atoms with Crippen LogP contribution in [0.25, 0.3) is 0 Å². The van der Waals surface area contributed by atoms with Crippen LogP contribution in [0.3, 0.4) is 0 Å². The zero-order valence-corrected chi connectivity index (χ0v) is 13.5. The van der Waals surface area contributed by atoms with E-state index in [9.17, 15) is 9.59 Å². The standard InChI is InChI=1S/C17H21N3O3/c1-19(9-3-8-18)17(22)14-10-16(21)20(12-14)11-13-4-6-15(23-2)7-5-13/h4-7,14H,3,9-12H2,1-2H3/t14-/m0/s1. The summed E-state index contributed by atoms with van der Waals surface area (Å²) in [4.78, 5) is 27.7. The molecule has 1 saturated heterocycles.